The van der Waals surface area contributed by atoms with Crippen molar-refractivity contribution in [1.29, 1.82) is 0 Å². The summed E-state index contributed by atoms with van der Waals surface area (Å²) in [6, 6.07) is 3.62. The fraction of sp³-hybridized carbons (Fsp3) is 0.667. The predicted molar refractivity (Wildman–Crippen MR) is 150 cm³/mol. The lowest BCUT2D eigenvalue weighted by Gasteiger charge is -2.21. The first-order valence-electron chi connectivity index (χ1n) is 14.0. The molecule has 0 aromatic heterocycles. The van der Waals surface area contributed by atoms with Crippen molar-refractivity contribution in [3.05, 3.63) is 23.8 Å². The lowest BCUT2D eigenvalue weighted by atomic mass is 9.99. The van der Waals surface area contributed by atoms with Crippen molar-refractivity contribution < 1.29 is 43.2 Å². The molecule has 10 nitrogen and oxygen atoms in total. The normalized spacial score (nSPS) is 14.4. The molecule has 0 saturated heterocycles. The Balaban J connectivity index is 2.97. The minimum absolute atomic E-state index is 0.0353. The number of carboxylic acids is 1. The molecule has 0 amide bonds. The van der Waals surface area contributed by atoms with Crippen LogP contribution in [0.4, 0.5) is 4.79 Å². The first-order chi connectivity index (χ1) is 18.6. The second-order valence-corrected chi connectivity index (χ2v) is 11.7. The molecule has 0 aliphatic heterocycles. The van der Waals surface area contributed by atoms with Gasteiger partial charge in [0.05, 0.1) is 6.61 Å². The van der Waals surface area contributed by atoms with Gasteiger partial charge in [-0.05, 0) is 48.3 Å². The maximum Gasteiger partial charge on any atom is 0.508 e. The van der Waals surface area contributed by atoms with Crippen molar-refractivity contribution in [3.8, 4) is 11.5 Å². The van der Waals surface area contributed by atoms with E-state index < -0.39 is 36.2 Å². The summed E-state index contributed by atoms with van der Waals surface area (Å²) >= 11 is 0. The number of nitrogens with one attached hydrogen (secondary N) is 1. The molecule has 0 aliphatic rings. The number of carbonyl (C=O) groups excluding carboxylic acids is 3. The van der Waals surface area contributed by atoms with Crippen LogP contribution in [0.25, 0.3) is 0 Å². The Bertz CT molecular complexity index is 986. The van der Waals surface area contributed by atoms with Gasteiger partial charge in [-0.3, -0.25) is 14.4 Å². The Morgan fingerprint density at radius 1 is 0.900 bits per heavy atom. The molecule has 226 valence electrons. The number of hydrogen-bond acceptors (Lipinski definition) is 9. The fourth-order valence-electron chi connectivity index (χ4n) is 3.34. The molecule has 1 rings (SSSR count). The van der Waals surface area contributed by atoms with Crippen LogP contribution in [-0.2, 0) is 30.3 Å². The van der Waals surface area contributed by atoms with Gasteiger partial charge in [-0.25, -0.2) is 4.79 Å². The third-order valence-corrected chi connectivity index (χ3v) is 6.19. The summed E-state index contributed by atoms with van der Waals surface area (Å²) < 4.78 is 21.4. The molecule has 0 fully saturated rings. The summed E-state index contributed by atoms with van der Waals surface area (Å²) in [5, 5.41) is 12.7. The van der Waals surface area contributed by atoms with Crippen LogP contribution in [0.2, 0.25) is 0 Å². The third-order valence-electron chi connectivity index (χ3n) is 6.19. The van der Waals surface area contributed by atoms with E-state index in [4.69, 9.17) is 18.9 Å². The van der Waals surface area contributed by atoms with E-state index in [2.05, 4.69) is 5.32 Å². The molecule has 3 unspecified atom stereocenters. The van der Waals surface area contributed by atoms with Gasteiger partial charge in [0.15, 0.2) is 11.5 Å². The topological polar surface area (TPSA) is 137 Å². The minimum atomic E-state index is -1.11. The molecule has 0 heterocycles. The zero-order chi connectivity index (χ0) is 30.5. The molecule has 0 bridgehead atoms. The highest BCUT2D eigenvalue weighted by Crippen LogP contribution is 2.31. The third kappa shape index (κ3) is 14.3. The number of aliphatic carboxylic acids is 1. The summed E-state index contributed by atoms with van der Waals surface area (Å²) in [4.78, 5) is 48.8. The summed E-state index contributed by atoms with van der Waals surface area (Å²) in [6.45, 7) is 15.5. The van der Waals surface area contributed by atoms with Crippen LogP contribution in [0, 0.1) is 17.3 Å². The standard InChI is InChI=1S/C30H47NO9/c1-9-19(3)13-26(32)39-24-12-11-22(16-25(24)40-27(33)14-20(4)10-2)15-23(28(34)35)31-17-21(5)38-29(36)37-18-30(6,7)8/h11-12,16,19-21,23,31H,9-10,13-15,17-18H2,1-8H3,(H,34,35)/t19?,20?,21?,23-/m0/s1. The van der Waals surface area contributed by atoms with Crippen molar-refractivity contribution >= 4 is 24.1 Å². The molecule has 2 N–H and O–H groups in total. The van der Waals surface area contributed by atoms with Crippen LogP contribution in [0.5, 0.6) is 11.5 Å². The SMILES string of the molecule is CCC(C)CC(=O)Oc1ccc(C[C@H](NCC(C)OC(=O)OCC(C)(C)C)C(=O)O)cc1OC(=O)CC(C)CC. The number of esters is 2. The van der Waals surface area contributed by atoms with E-state index in [1.807, 2.05) is 48.5 Å². The van der Waals surface area contributed by atoms with Gasteiger partial charge in [-0.15, -0.1) is 0 Å². The van der Waals surface area contributed by atoms with Crippen molar-refractivity contribution in [2.75, 3.05) is 13.2 Å². The minimum Gasteiger partial charge on any atom is -0.480 e. The van der Waals surface area contributed by atoms with E-state index in [-0.39, 0.29) is 61.2 Å². The summed E-state index contributed by atoms with van der Waals surface area (Å²) in [6.07, 6.45) is 0.596. The quantitative estimate of drug-likeness (QED) is 0.194. The summed E-state index contributed by atoms with van der Waals surface area (Å²) in [5.74, 6) is -1.61. The number of carboxylic acid groups (broad SMARTS) is 1. The zero-order valence-corrected chi connectivity index (χ0v) is 25.2. The molecule has 0 aliphatic carbocycles. The molecular weight excluding hydrogens is 518 g/mol. The monoisotopic (exact) mass is 565 g/mol. The van der Waals surface area contributed by atoms with Gasteiger partial charge < -0.3 is 29.4 Å². The Kier molecular flexibility index (Phi) is 14.7. The van der Waals surface area contributed by atoms with Crippen LogP contribution in [0.15, 0.2) is 18.2 Å². The first-order valence-corrected chi connectivity index (χ1v) is 14.0. The van der Waals surface area contributed by atoms with Crippen LogP contribution >= 0.6 is 0 Å². The Labute approximate surface area is 238 Å². The fourth-order valence-corrected chi connectivity index (χ4v) is 3.34. The van der Waals surface area contributed by atoms with Gasteiger partial charge >= 0.3 is 24.1 Å². The van der Waals surface area contributed by atoms with Gasteiger partial charge in [0.25, 0.3) is 0 Å². The van der Waals surface area contributed by atoms with E-state index in [0.29, 0.717) is 5.56 Å². The predicted octanol–water partition coefficient (Wildman–Crippen LogP) is 5.54. The second kappa shape index (κ2) is 16.8. The second-order valence-electron chi connectivity index (χ2n) is 11.7. The molecule has 0 spiro atoms. The largest absolute Gasteiger partial charge is 0.508 e. The molecular formula is C30H47NO9. The molecule has 0 saturated carbocycles. The molecule has 1 aromatic carbocycles. The number of rotatable bonds is 16. The Hall–Kier alpha value is -3.14. The van der Waals surface area contributed by atoms with Crippen LogP contribution < -0.4 is 14.8 Å². The molecule has 40 heavy (non-hydrogen) atoms. The molecule has 4 atom stereocenters. The van der Waals surface area contributed by atoms with Crippen molar-refractivity contribution in [3.63, 3.8) is 0 Å². The number of ether oxygens (including phenoxy) is 4. The smallest absolute Gasteiger partial charge is 0.480 e. The van der Waals surface area contributed by atoms with Gasteiger partial charge in [0, 0.05) is 19.4 Å². The molecule has 1 aromatic rings. The van der Waals surface area contributed by atoms with Gasteiger partial charge in [-0.2, -0.15) is 0 Å². The highest BCUT2D eigenvalue weighted by molar-refractivity contribution is 5.77. The summed E-state index contributed by atoms with van der Waals surface area (Å²) in [5.41, 5.74) is 0.337. The Morgan fingerprint density at radius 3 is 1.95 bits per heavy atom. The molecule has 0 radical (unpaired) electrons. The Morgan fingerprint density at radius 2 is 1.45 bits per heavy atom. The van der Waals surface area contributed by atoms with Crippen LogP contribution in [0.1, 0.15) is 86.6 Å². The average Bonchev–Trinajstić information content (AvgIpc) is 2.85. The molecule has 10 heteroatoms. The summed E-state index contributed by atoms with van der Waals surface area (Å²) in [7, 11) is 0. The zero-order valence-electron chi connectivity index (χ0n) is 25.2. The highest BCUT2D eigenvalue weighted by Gasteiger charge is 2.23. The van der Waals surface area contributed by atoms with E-state index in [1.54, 1.807) is 13.0 Å². The lowest BCUT2D eigenvalue weighted by molar-refractivity contribution is -0.139. The number of carbonyl (C=O) groups is 4. The first kappa shape index (κ1) is 34.9. The highest BCUT2D eigenvalue weighted by atomic mass is 16.7. The van der Waals surface area contributed by atoms with Gasteiger partial charge in [0.2, 0.25) is 0 Å². The van der Waals surface area contributed by atoms with Crippen LogP contribution in [0.3, 0.4) is 0 Å². The van der Waals surface area contributed by atoms with Crippen molar-refractivity contribution in [1.82, 2.24) is 5.32 Å². The van der Waals surface area contributed by atoms with E-state index in [9.17, 15) is 24.3 Å². The maximum atomic E-state index is 12.5. The van der Waals surface area contributed by atoms with E-state index in [1.165, 1.54) is 12.1 Å². The van der Waals surface area contributed by atoms with E-state index >= 15 is 0 Å². The van der Waals surface area contributed by atoms with E-state index in [0.717, 1.165) is 12.8 Å². The average molecular weight is 566 g/mol. The number of hydrogen-bond donors (Lipinski definition) is 2. The van der Waals surface area contributed by atoms with Gasteiger partial charge in [-0.1, -0.05) is 67.4 Å². The van der Waals surface area contributed by atoms with Crippen molar-refractivity contribution in [2.45, 2.75) is 99.6 Å². The lowest BCUT2D eigenvalue weighted by Crippen LogP contribution is -2.42. The van der Waals surface area contributed by atoms with Crippen LogP contribution in [-0.4, -0.2) is 54.5 Å². The maximum absolute atomic E-state index is 12.5. The van der Waals surface area contributed by atoms with Gasteiger partial charge in [0.1, 0.15) is 12.1 Å². The number of benzene rings is 1. The van der Waals surface area contributed by atoms with Crippen molar-refractivity contribution in [2.24, 2.45) is 17.3 Å².